The number of carbonyl (C=O) groups excluding carboxylic acids is 1. The summed E-state index contributed by atoms with van der Waals surface area (Å²) in [7, 11) is 0. The van der Waals surface area contributed by atoms with Crippen molar-refractivity contribution in [1.82, 2.24) is 5.43 Å². The highest BCUT2D eigenvalue weighted by atomic mass is 35.5. The molecule has 0 saturated heterocycles. The maximum Gasteiger partial charge on any atom is 0.310 e. The third-order valence-corrected chi connectivity index (χ3v) is 4.18. The van der Waals surface area contributed by atoms with Gasteiger partial charge in [0.1, 0.15) is 11.5 Å². The van der Waals surface area contributed by atoms with Crippen LogP contribution in [-0.4, -0.2) is 28.6 Å². The molecule has 0 aliphatic heterocycles. The smallest absolute Gasteiger partial charge is 0.310 e. The molecule has 1 heterocycles. The van der Waals surface area contributed by atoms with Gasteiger partial charge in [-0.25, -0.2) is 5.43 Å². The number of para-hydroxylation sites is 2. The van der Waals surface area contributed by atoms with Crippen LogP contribution in [-0.2, 0) is 4.79 Å². The van der Waals surface area contributed by atoms with E-state index in [1.807, 2.05) is 0 Å². The Bertz CT molecular complexity index is 1180. The van der Waals surface area contributed by atoms with Gasteiger partial charge in [0.25, 0.3) is 11.6 Å². The third kappa shape index (κ3) is 5.42. The highest BCUT2D eigenvalue weighted by molar-refractivity contribution is 6.33. The zero-order valence-corrected chi connectivity index (χ0v) is 16.3. The Kier molecular flexibility index (Phi) is 6.58. The highest BCUT2D eigenvalue weighted by Crippen LogP contribution is 2.32. The molecule has 0 radical (unpaired) electrons. The largest absolute Gasteiger partial charge is 0.477 e. The quantitative estimate of drug-likeness (QED) is 0.314. The number of nitrogens with one attached hydrogen (secondary N) is 1. The molecule has 0 atom stereocenters. The highest BCUT2D eigenvalue weighted by Gasteiger charge is 2.15. The van der Waals surface area contributed by atoms with Gasteiger partial charge in [-0.3, -0.25) is 25.0 Å². The first-order valence-electron chi connectivity index (χ1n) is 8.57. The SMILES string of the molecule is O=C(COc1ccccc1[N+](=O)[O-])NN=Cc1ccc(-c2cc([N+](=O)[O-])ccc2Cl)o1. The standard InChI is InChI=1S/C19H13ClN4O7/c20-15-7-5-12(23(26)27)9-14(15)17-8-6-13(31-17)10-21-22-19(25)11-30-18-4-2-1-3-16(18)24(28)29/h1-10H,11H2,(H,22,25). The second-order valence-corrected chi connectivity index (χ2v) is 6.34. The van der Waals surface area contributed by atoms with E-state index in [1.165, 1.54) is 48.7 Å². The summed E-state index contributed by atoms with van der Waals surface area (Å²) in [4.78, 5) is 32.5. The first kappa shape index (κ1) is 21.5. The molecule has 1 aromatic heterocycles. The van der Waals surface area contributed by atoms with Gasteiger partial charge in [-0.2, -0.15) is 5.10 Å². The molecule has 11 nitrogen and oxygen atoms in total. The molecular weight excluding hydrogens is 432 g/mol. The van der Waals surface area contributed by atoms with Gasteiger partial charge in [0.2, 0.25) is 0 Å². The van der Waals surface area contributed by atoms with Gasteiger partial charge >= 0.3 is 5.69 Å². The van der Waals surface area contributed by atoms with Gasteiger partial charge < -0.3 is 9.15 Å². The number of benzene rings is 2. The van der Waals surface area contributed by atoms with E-state index in [9.17, 15) is 25.0 Å². The Morgan fingerprint density at radius 3 is 2.65 bits per heavy atom. The number of non-ortho nitro benzene ring substituents is 1. The van der Waals surface area contributed by atoms with Crippen molar-refractivity contribution in [1.29, 1.82) is 0 Å². The molecule has 12 heteroatoms. The minimum atomic E-state index is -0.650. The van der Waals surface area contributed by atoms with Gasteiger partial charge in [-0.15, -0.1) is 0 Å². The van der Waals surface area contributed by atoms with Crippen LogP contribution >= 0.6 is 11.6 Å². The summed E-state index contributed by atoms with van der Waals surface area (Å²) < 4.78 is 10.7. The average Bonchev–Trinajstić information content (AvgIpc) is 3.21. The van der Waals surface area contributed by atoms with Crippen molar-refractivity contribution >= 4 is 35.1 Å². The molecule has 31 heavy (non-hydrogen) atoms. The van der Waals surface area contributed by atoms with Crippen molar-refractivity contribution in [3.8, 4) is 17.1 Å². The number of ether oxygens (including phenoxy) is 1. The summed E-state index contributed by atoms with van der Waals surface area (Å²) in [6.07, 6.45) is 1.21. The van der Waals surface area contributed by atoms with Crippen LogP contribution in [0.2, 0.25) is 5.02 Å². The predicted octanol–water partition coefficient (Wildman–Crippen LogP) is 3.95. The topological polar surface area (TPSA) is 150 Å². The zero-order valence-electron chi connectivity index (χ0n) is 15.6. The average molecular weight is 445 g/mol. The first-order chi connectivity index (χ1) is 14.8. The summed E-state index contributed by atoms with van der Waals surface area (Å²) in [5.74, 6) is -0.169. The number of amides is 1. The van der Waals surface area contributed by atoms with E-state index in [0.29, 0.717) is 5.56 Å². The van der Waals surface area contributed by atoms with Crippen molar-refractivity contribution in [2.45, 2.75) is 0 Å². The number of carbonyl (C=O) groups is 1. The number of nitrogens with zero attached hydrogens (tertiary/aromatic N) is 3. The Balaban J connectivity index is 1.60. The number of halogens is 1. The Hall–Kier alpha value is -4.25. The van der Waals surface area contributed by atoms with E-state index in [2.05, 4.69) is 10.5 Å². The maximum absolute atomic E-state index is 11.8. The number of nitro groups is 2. The number of hydrazone groups is 1. The lowest BCUT2D eigenvalue weighted by Gasteiger charge is -2.05. The molecule has 0 spiro atoms. The molecule has 1 N–H and O–H groups in total. The van der Waals surface area contributed by atoms with Crippen LogP contribution in [0.4, 0.5) is 11.4 Å². The molecule has 3 aromatic rings. The molecular formula is C19H13ClN4O7. The molecule has 0 fully saturated rings. The summed E-state index contributed by atoms with van der Waals surface area (Å²) in [5.41, 5.74) is 2.12. The zero-order chi connectivity index (χ0) is 22.4. The molecule has 1 amide bonds. The van der Waals surface area contributed by atoms with Gasteiger partial charge in [0.05, 0.1) is 21.1 Å². The second kappa shape index (κ2) is 9.50. The van der Waals surface area contributed by atoms with E-state index in [1.54, 1.807) is 12.1 Å². The van der Waals surface area contributed by atoms with E-state index in [-0.39, 0.29) is 33.7 Å². The Morgan fingerprint density at radius 1 is 1.13 bits per heavy atom. The third-order valence-electron chi connectivity index (χ3n) is 3.85. The second-order valence-electron chi connectivity index (χ2n) is 5.93. The van der Waals surface area contributed by atoms with E-state index >= 15 is 0 Å². The van der Waals surface area contributed by atoms with Crippen LogP contribution < -0.4 is 10.2 Å². The summed E-state index contributed by atoms with van der Waals surface area (Å²) in [6, 6.07) is 12.7. The normalized spacial score (nSPS) is 10.7. The van der Waals surface area contributed by atoms with E-state index in [4.69, 9.17) is 20.8 Å². The van der Waals surface area contributed by atoms with Gasteiger partial charge in [-0.1, -0.05) is 23.7 Å². The fourth-order valence-electron chi connectivity index (χ4n) is 2.46. The summed E-state index contributed by atoms with van der Waals surface area (Å²) in [5, 5.41) is 25.8. The number of hydrogen-bond acceptors (Lipinski definition) is 8. The van der Waals surface area contributed by atoms with Crippen LogP contribution in [0.5, 0.6) is 5.75 Å². The van der Waals surface area contributed by atoms with Gasteiger partial charge in [0.15, 0.2) is 12.4 Å². The number of rotatable bonds is 8. The molecule has 0 unspecified atom stereocenters. The fraction of sp³-hybridized carbons (Fsp3) is 0.0526. The summed E-state index contributed by atoms with van der Waals surface area (Å²) >= 11 is 6.08. The molecule has 158 valence electrons. The maximum atomic E-state index is 11.8. The van der Waals surface area contributed by atoms with Crippen LogP contribution in [0, 0.1) is 20.2 Å². The van der Waals surface area contributed by atoms with Crippen LogP contribution in [0.3, 0.4) is 0 Å². The predicted molar refractivity (Wildman–Crippen MR) is 110 cm³/mol. The molecule has 0 aliphatic rings. The minimum absolute atomic E-state index is 0.0452. The molecule has 0 bridgehead atoms. The summed E-state index contributed by atoms with van der Waals surface area (Å²) in [6.45, 7) is -0.491. The van der Waals surface area contributed by atoms with Gasteiger partial charge in [0, 0.05) is 23.8 Å². The molecule has 3 rings (SSSR count). The Morgan fingerprint density at radius 2 is 1.90 bits per heavy atom. The van der Waals surface area contributed by atoms with Crippen molar-refractivity contribution in [3.63, 3.8) is 0 Å². The van der Waals surface area contributed by atoms with Crippen LogP contribution in [0.25, 0.3) is 11.3 Å². The fourth-order valence-corrected chi connectivity index (χ4v) is 2.67. The monoisotopic (exact) mass is 444 g/mol. The molecule has 0 saturated carbocycles. The van der Waals surface area contributed by atoms with Crippen LogP contribution in [0.15, 0.2) is 64.1 Å². The minimum Gasteiger partial charge on any atom is -0.477 e. The molecule has 0 aliphatic carbocycles. The first-order valence-corrected chi connectivity index (χ1v) is 8.95. The molecule has 2 aromatic carbocycles. The van der Waals surface area contributed by atoms with Crippen molar-refractivity contribution < 1.29 is 23.8 Å². The van der Waals surface area contributed by atoms with Crippen molar-refractivity contribution in [2.75, 3.05) is 6.61 Å². The number of hydrogen-bond donors (Lipinski definition) is 1. The lowest BCUT2D eigenvalue weighted by molar-refractivity contribution is -0.385. The van der Waals surface area contributed by atoms with Gasteiger partial charge in [-0.05, 0) is 24.3 Å². The van der Waals surface area contributed by atoms with Crippen molar-refractivity contribution in [2.24, 2.45) is 5.10 Å². The number of furan rings is 1. The Labute approximate surface area is 179 Å². The van der Waals surface area contributed by atoms with E-state index in [0.717, 1.165) is 0 Å². The van der Waals surface area contributed by atoms with Crippen LogP contribution in [0.1, 0.15) is 5.76 Å². The van der Waals surface area contributed by atoms with Crippen molar-refractivity contribution in [3.05, 3.63) is 85.6 Å². The number of nitro benzene ring substituents is 2. The lowest BCUT2D eigenvalue weighted by Crippen LogP contribution is -2.24. The lowest BCUT2D eigenvalue weighted by atomic mass is 10.1. The van der Waals surface area contributed by atoms with E-state index < -0.39 is 22.4 Å².